The van der Waals surface area contributed by atoms with E-state index in [-0.39, 0.29) is 0 Å². The van der Waals surface area contributed by atoms with E-state index in [9.17, 15) is 0 Å². The summed E-state index contributed by atoms with van der Waals surface area (Å²) in [4.78, 5) is 8.00. The Balaban J connectivity index is 1.44. The average Bonchev–Trinajstić information content (AvgIpc) is 2.61. The standard InChI is InChI=1S/C15H29N3/c1-12(2)16-6-5-14(7-16)18-10-15(11-18)8-17(9-15)13(3)4/h12-14H,5-11H2,1-4H3. The van der Waals surface area contributed by atoms with Gasteiger partial charge in [0.25, 0.3) is 0 Å². The van der Waals surface area contributed by atoms with Crippen LogP contribution in [0, 0.1) is 5.41 Å². The summed E-state index contributed by atoms with van der Waals surface area (Å²) >= 11 is 0. The Bertz CT molecular complexity index is 299. The quantitative estimate of drug-likeness (QED) is 0.752. The van der Waals surface area contributed by atoms with Gasteiger partial charge < -0.3 is 0 Å². The van der Waals surface area contributed by atoms with Gasteiger partial charge in [-0.15, -0.1) is 0 Å². The molecule has 3 heterocycles. The topological polar surface area (TPSA) is 9.72 Å². The van der Waals surface area contributed by atoms with Crippen LogP contribution in [0.5, 0.6) is 0 Å². The van der Waals surface area contributed by atoms with Gasteiger partial charge in [0.15, 0.2) is 0 Å². The number of rotatable bonds is 3. The molecule has 3 heteroatoms. The molecule has 3 rings (SSSR count). The number of hydrogen-bond donors (Lipinski definition) is 0. The molecule has 3 aliphatic rings. The molecule has 104 valence electrons. The second-order valence-electron chi connectivity index (χ2n) is 7.43. The van der Waals surface area contributed by atoms with Crippen molar-refractivity contribution in [2.45, 2.75) is 52.2 Å². The van der Waals surface area contributed by atoms with Gasteiger partial charge in [0, 0.05) is 62.8 Å². The molecule has 0 aromatic rings. The molecule has 0 aromatic heterocycles. The van der Waals surface area contributed by atoms with E-state index in [1.165, 1.54) is 45.7 Å². The molecule has 3 saturated heterocycles. The first-order valence-corrected chi connectivity index (χ1v) is 7.71. The van der Waals surface area contributed by atoms with E-state index in [4.69, 9.17) is 0 Å². The van der Waals surface area contributed by atoms with Gasteiger partial charge in [-0.05, 0) is 34.1 Å². The molecule has 0 aliphatic carbocycles. The first-order valence-electron chi connectivity index (χ1n) is 7.71. The van der Waals surface area contributed by atoms with Crippen LogP contribution in [0.4, 0.5) is 0 Å². The van der Waals surface area contributed by atoms with Crippen LogP contribution in [-0.2, 0) is 0 Å². The summed E-state index contributed by atoms with van der Waals surface area (Å²) in [7, 11) is 0. The highest BCUT2D eigenvalue weighted by molar-refractivity contribution is 5.08. The minimum atomic E-state index is 0.690. The predicted octanol–water partition coefficient (Wildman–Crippen LogP) is 1.50. The molecule has 3 nitrogen and oxygen atoms in total. The summed E-state index contributed by atoms with van der Waals surface area (Å²) < 4.78 is 0. The molecular weight excluding hydrogens is 222 g/mol. The molecule has 0 N–H and O–H groups in total. The highest BCUT2D eigenvalue weighted by Gasteiger charge is 2.53. The van der Waals surface area contributed by atoms with E-state index in [0.29, 0.717) is 5.41 Å². The van der Waals surface area contributed by atoms with Crippen molar-refractivity contribution in [1.29, 1.82) is 0 Å². The highest BCUT2D eigenvalue weighted by Crippen LogP contribution is 2.42. The Morgan fingerprint density at radius 3 is 2.00 bits per heavy atom. The van der Waals surface area contributed by atoms with Crippen molar-refractivity contribution in [3.8, 4) is 0 Å². The maximum atomic E-state index is 2.75. The third-order valence-corrected chi connectivity index (χ3v) is 5.33. The summed E-state index contributed by atoms with van der Waals surface area (Å²) in [5.41, 5.74) is 0.690. The van der Waals surface area contributed by atoms with Crippen molar-refractivity contribution in [3.63, 3.8) is 0 Å². The molecule has 1 atom stereocenters. The Kier molecular flexibility index (Phi) is 3.20. The Hall–Kier alpha value is -0.120. The van der Waals surface area contributed by atoms with Crippen molar-refractivity contribution >= 4 is 0 Å². The summed E-state index contributed by atoms with van der Waals surface area (Å²) in [6.07, 6.45) is 1.39. The van der Waals surface area contributed by atoms with Crippen LogP contribution in [0.25, 0.3) is 0 Å². The second kappa shape index (κ2) is 4.46. The van der Waals surface area contributed by atoms with Crippen molar-refractivity contribution in [3.05, 3.63) is 0 Å². The maximum Gasteiger partial charge on any atom is 0.0235 e. The predicted molar refractivity (Wildman–Crippen MR) is 75.8 cm³/mol. The van der Waals surface area contributed by atoms with Crippen molar-refractivity contribution in [1.82, 2.24) is 14.7 Å². The summed E-state index contributed by atoms with van der Waals surface area (Å²) in [5.74, 6) is 0. The summed E-state index contributed by atoms with van der Waals surface area (Å²) in [6.45, 7) is 17.3. The molecule has 0 aromatic carbocycles. The van der Waals surface area contributed by atoms with Crippen LogP contribution in [0.2, 0.25) is 0 Å². The van der Waals surface area contributed by atoms with Gasteiger partial charge in [-0.2, -0.15) is 0 Å². The van der Waals surface area contributed by atoms with Gasteiger partial charge in [0.2, 0.25) is 0 Å². The first-order chi connectivity index (χ1) is 8.49. The van der Waals surface area contributed by atoms with Crippen LogP contribution in [0.15, 0.2) is 0 Å². The normalized spacial score (nSPS) is 33.3. The SMILES string of the molecule is CC(C)N1CCC(N2CC3(CN(C(C)C)C3)C2)C1. The lowest BCUT2D eigenvalue weighted by Crippen LogP contribution is -2.74. The molecule has 0 radical (unpaired) electrons. The Labute approximate surface area is 112 Å². The lowest BCUT2D eigenvalue weighted by atomic mass is 9.71. The van der Waals surface area contributed by atoms with Crippen LogP contribution in [0.3, 0.4) is 0 Å². The Morgan fingerprint density at radius 2 is 1.50 bits per heavy atom. The molecular formula is C15H29N3. The van der Waals surface area contributed by atoms with Gasteiger partial charge in [-0.25, -0.2) is 0 Å². The number of likely N-dealkylation sites (tertiary alicyclic amines) is 3. The summed E-state index contributed by atoms with van der Waals surface area (Å²) in [6, 6.07) is 2.32. The van der Waals surface area contributed by atoms with Crippen molar-refractivity contribution < 1.29 is 0 Å². The van der Waals surface area contributed by atoms with Gasteiger partial charge >= 0.3 is 0 Å². The number of hydrogen-bond acceptors (Lipinski definition) is 3. The highest BCUT2D eigenvalue weighted by atomic mass is 15.4. The van der Waals surface area contributed by atoms with E-state index >= 15 is 0 Å². The molecule has 1 unspecified atom stereocenters. The second-order valence-corrected chi connectivity index (χ2v) is 7.43. The minimum Gasteiger partial charge on any atom is -0.300 e. The number of nitrogens with zero attached hydrogens (tertiary/aromatic N) is 3. The largest absolute Gasteiger partial charge is 0.300 e. The fourth-order valence-corrected chi connectivity index (χ4v) is 3.99. The van der Waals surface area contributed by atoms with E-state index in [0.717, 1.165) is 18.1 Å². The molecule has 1 spiro atoms. The zero-order valence-electron chi connectivity index (χ0n) is 12.5. The van der Waals surface area contributed by atoms with E-state index in [1.54, 1.807) is 0 Å². The Morgan fingerprint density at radius 1 is 0.889 bits per heavy atom. The average molecular weight is 251 g/mol. The van der Waals surface area contributed by atoms with E-state index in [2.05, 4.69) is 42.4 Å². The fraction of sp³-hybridized carbons (Fsp3) is 1.00. The monoisotopic (exact) mass is 251 g/mol. The third-order valence-electron chi connectivity index (χ3n) is 5.33. The minimum absolute atomic E-state index is 0.690. The zero-order chi connectivity index (χ0) is 12.9. The molecule has 0 amide bonds. The molecule has 0 saturated carbocycles. The van der Waals surface area contributed by atoms with E-state index in [1.807, 2.05) is 0 Å². The van der Waals surface area contributed by atoms with Crippen LogP contribution in [-0.4, -0.2) is 72.1 Å². The van der Waals surface area contributed by atoms with Crippen molar-refractivity contribution in [2.75, 3.05) is 39.3 Å². The van der Waals surface area contributed by atoms with Crippen LogP contribution < -0.4 is 0 Å². The molecule has 18 heavy (non-hydrogen) atoms. The lowest BCUT2D eigenvalue weighted by Gasteiger charge is -2.63. The zero-order valence-corrected chi connectivity index (χ0v) is 12.5. The van der Waals surface area contributed by atoms with E-state index < -0.39 is 0 Å². The lowest BCUT2D eigenvalue weighted by molar-refractivity contribution is -0.138. The van der Waals surface area contributed by atoms with Gasteiger partial charge in [0.1, 0.15) is 0 Å². The third kappa shape index (κ3) is 2.10. The fourth-order valence-electron chi connectivity index (χ4n) is 3.99. The van der Waals surface area contributed by atoms with Gasteiger partial charge in [0.05, 0.1) is 0 Å². The molecule has 3 fully saturated rings. The summed E-state index contributed by atoms with van der Waals surface area (Å²) in [5, 5.41) is 0. The smallest absolute Gasteiger partial charge is 0.0235 e. The van der Waals surface area contributed by atoms with Gasteiger partial charge in [-0.3, -0.25) is 14.7 Å². The van der Waals surface area contributed by atoms with Crippen LogP contribution >= 0.6 is 0 Å². The molecule has 3 aliphatic heterocycles. The van der Waals surface area contributed by atoms with Crippen molar-refractivity contribution in [2.24, 2.45) is 5.41 Å². The van der Waals surface area contributed by atoms with Gasteiger partial charge in [-0.1, -0.05) is 0 Å². The first kappa shape index (κ1) is 12.9. The van der Waals surface area contributed by atoms with Crippen LogP contribution in [0.1, 0.15) is 34.1 Å². The maximum absolute atomic E-state index is 2.75. The molecule has 0 bridgehead atoms.